The number of aliphatic imine (C=N–C) groups is 1. The summed E-state index contributed by atoms with van der Waals surface area (Å²) in [5.41, 5.74) is 0. The van der Waals surface area contributed by atoms with Crippen molar-refractivity contribution in [2.45, 2.75) is 31.7 Å². The first kappa shape index (κ1) is 6.95. The van der Waals surface area contributed by atoms with E-state index >= 15 is 0 Å². The van der Waals surface area contributed by atoms with Crippen molar-refractivity contribution >= 4 is 5.96 Å². The Labute approximate surface area is 67.3 Å². The van der Waals surface area contributed by atoms with Crippen molar-refractivity contribution in [1.29, 1.82) is 0 Å². The van der Waals surface area contributed by atoms with Gasteiger partial charge in [-0.05, 0) is 12.8 Å². The quantitative estimate of drug-likeness (QED) is 0.575. The molecule has 62 valence electrons. The summed E-state index contributed by atoms with van der Waals surface area (Å²) in [6.07, 6.45) is 5.40. The average Bonchev–Trinajstić information content (AvgIpc) is 2.60. The molecule has 0 amide bonds. The van der Waals surface area contributed by atoms with Gasteiger partial charge in [0.1, 0.15) is 0 Å². The lowest BCUT2D eigenvalue weighted by Crippen LogP contribution is -2.39. The van der Waals surface area contributed by atoms with Gasteiger partial charge in [0.25, 0.3) is 0 Å². The number of hydrogen-bond acceptors (Lipinski definition) is 3. The van der Waals surface area contributed by atoms with Crippen molar-refractivity contribution in [2.75, 3.05) is 13.1 Å². The van der Waals surface area contributed by atoms with Gasteiger partial charge in [0, 0.05) is 12.6 Å². The lowest BCUT2D eigenvalue weighted by atomic mass is 10.2. The summed E-state index contributed by atoms with van der Waals surface area (Å²) >= 11 is 0. The molecule has 2 rings (SSSR count). The Morgan fingerprint density at radius 2 is 2.18 bits per heavy atom. The van der Waals surface area contributed by atoms with Gasteiger partial charge < -0.3 is 10.6 Å². The summed E-state index contributed by atoms with van der Waals surface area (Å²) in [6, 6.07) is 0.694. The highest BCUT2D eigenvalue weighted by Crippen LogP contribution is 2.17. The minimum atomic E-state index is 0.694. The predicted octanol–water partition coefficient (Wildman–Crippen LogP) is 0.478. The van der Waals surface area contributed by atoms with Gasteiger partial charge in [-0.15, -0.1) is 0 Å². The molecule has 0 aromatic heterocycles. The molecule has 0 saturated heterocycles. The van der Waals surface area contributed by atoms with Crippen LogP contribution < -0.4 is 10.6 Å². The van der Waals surface area contributed by atoms with E-state index in [-0.39, 0.29) is 0 Å². The molecule has 1 fully saturated rings. The molecule has 1 saturated carbocycles. The first-order valence-electron chi connectivity index (χ1n) is 4.50. The van der Waals surface area contributed by atoms with E-state index in [1.165, 1.54) is 25.7 Å². The van der Waals surface area contributed by atoms with Gasteiger partial charge in [0.15, 0.2) is 5.96 Å². The number of guanidine groups is 1. The van der Waals surface area contributed by atoms with Crippen LogP contribution in [0.4, 0.5) is 0 Å². The van der Waals surface area contributed by atoms with Crippen LogP contribution in [0.3, 0.4) is 0 Å². The van der Waals surface area contributed by atoms with Gasteiger partial charge in [-0.1, -0.05) is 12.8 Å². The van der Waals surface area contributed by atoms with Crippen molar-refractivity contribution in [3.8, 4) is 0 Å². The molecular weight excluding hydrogens is 138 g/mol. The van der Waals surface area contributed by atoms with E-state index in [1.807, 2.05) is 0 Å². The minimum absolute atomic E-state index is 0.694. The zero-order chi connectivity index (χ0) is 7.52. The molecule has 11 heavy (non-hydrogen) atoms. The summed E-state index contributed by atoms with van der Waals surface area (Å²) in [5, 5.41) is 6.64. The Hall–Kier alpha value is -0.730. The molecule has 0 aromatic rings. The molecule has 0 unspecified atom stereocenters. The second-order valence-corrected chi connectivity index (χ2v) is 3.28. The second kappa shape index (κ2) is 3.11. The first-order valence-corrected chi connectivity index (χ1v) is 4.50. The normalized spacial score (nSPS) is 24.9. The van der Waals surface area contributed by atoms with E-state index in [0.717, 1.165) is 19.0 Å². The van der Waals surface area contributed by atoms with Gasteiger partial charge in [-0.3, -0.25) is 4.99 Å². The molecule has 1 aliphatic carbocycles. The summed E-state index contributed by atoms with van der Waals surface area (Å²) in [7, 11) is 0. The fourth-order valence-corrected chi connectivity index (χ4v) is 1.76. The Morgan fingerprint density at radius 1 is 1.36 bits per heavy atom. The number of nitrogens with zero attached hydrogens (tertiary/aromatic N) is 1. The highest BCUT2D eigenvalue weighted by atomic mass is 15.2. The van der Waals surface area contributed by atoms with E-state index in [0.29, 0.717) is 6.04 Å². The monoisotopic (exact) mass is 153 g/mol. The Bertz CT molecular complexity index is 159. The Kier molecular flexibility index (Phi) is 1.97. The van der Waals surface area contributed by atoms with Crippen LogP contribution in [0.1, 0.15) is 25.7 Å². The van der Waals surface area contributed by atoms with Gasteiger partial charge in [0.05, 0.1) is 6.54 Å². The lowest BCUT2D eigenvalue weighted by molar-refractivity contribution is 0.622. The lowest BCUT2D eigenvalue weighted by Gasteiger charge is -2.12. The van der Waals surface area contributed by atoms with Gasteiger partial charge in [-0.25, -0.2) is 0 Å². The topological polar surface area (TPSA) is 36.4 Å². The maximum absolute atomic E-state index is 4.29. The van der Waals surface area contributed by atoms with Gasteiger partial charge in [-0.2, -0.15) is 0 Å². The third-order valence-corrected chi connectivity index (χ3v) is 2.37. The molecular formula is C8H15N3. The smallest absolute Gasteiger partial charge is 0.191 e. The van der Waals surface area contributed by atoms with Crippen molar-refractivity contribution < 1.29 is 0 Å². The molecule has 1 aliphatic heterocycles. The van der Waals surface area contributed by atoms with Crippen LogP contribution in [0.15, 0.2) is 4.99 Å². The molecule has 1 heterocycles. The van der Waals surface area contributed by atoms with Crippen molar-refractivity contribution in [1.82, 2.24) is 10.6 Å². The number of rotatable bonds is 1. The van der Waals surface area contributed by atoms with Crippen LogP contribution in [-0.4, -0.2) is 25.1 Å². The fourth-order valence-electron chi connectivity index (χ4n) is 1.76. The molecule has 0 aromatic carbocycles. The van der Waals surface area contributed by atoms with Crippen molar-refractivity contribution in [2.24, 2.45) is 4.99 Å². The number of hydrogen-bond donors (Lipinski definition) is 2. The van der Waals surface area contributed by atoms with E-state index < -0.39 is 0 Å². The largest absolute Gasteiger partial charge is 0.355 e. The standard InChI is InChI=1S/C8H15N3/c1-2-4-7(3-1)11-8-9-5-6-10-8/h7H,1-6H2,(H2,9,10,11). The van der Waals surface area contributed by atoms with E-state index in [4.69, 9.17) is 0 Å². The highest BCUT2D eigenvalue weighted by molar-refractivity contribution is 5.81. The van der Waals surface area contributed by atoms with Crippen molar-refractivity contribution in [3.63, 3.8) is 0 Å². The molecule has 0 radical (unpaired) electrons. The zero-order valence-electron chi connectivity index (χ0n) is 6.77. The van der Waals surface area contributed by atoms with Gasteiger partial charge in [0.2, 0.25) is 0 Å². The summed E-state index contributed by atoms with van der Waals surface area (Å²) in [6.45, 7) is 1.95. The van der Waals surface area contributed by atoms with Crippen LogP contribution >= 0.6 is 0 Å². The Morgan fingerprint density at radius 3 is 2.82 bits per heavy atom. The summed E-state index contributed by atoms with van der Waals surface area (Å²) in [5.74, 6) is 1.02. The second-order valence-electron chi connectivity index (χ2n) is 3.28. The zero-order valence-corrected chi connectivity index (χ0v) is 6.77. The summed E-state index contributed by atoms with van der Waals surface area (Å²) < 4.78 is 0. The molecule has 3 nitrogen and oxygen atoms in total. The third kappa shape index (κ3) is 1.64. The average molecular weight is 153 g/mol. The van der Waals surface area contributed by atoms with Crippen LogP contribution in [0, 0.1) is 0 Å². The fraction of sp³-hybridized carbons (Fsp3) is 0.875. The summed E-state index contributed by atoms with van der Waals surface area (Å²) in [4.78, 5) is 4.29. The maximum Gasteiger partial charge on any atom is 0.191 e. The van der Waals surface area contributed by atoms with Gasteiger partial charge >= 0.3 is 0 Å². The van der Waals surface area contributed by atoms with E-state index in [1.54, 1.807) is 0 Å². The van der Waals surface area contributed by atoms with Crippen LogP contribution in [-0.2, 0) is 0 Å². The highest BCUT2D eigenvalue weighted by Gasteiger charge is 2.16. The van der Waals surface area contributed by atoms with Crippen LogP contribution in [0.2, 0.25) is 0 Å². The first-order chi connectivity index (χ1) is 5.45. The molecule has 0 spiro atoms. The Balaban J connectivity index is 1.79. The van der Waals surface area contributed by atoms with E-state index in [9.17, 15) is 0 Å². The molecule has 2 N–H and O–H groups in total. The maximum atomic E-state index is 4.29. The molecule has 0 atom stereocenters. The molecule has 3 heteroatoms. The minimum Gasteiger partial charge on any atom is -0.355 e. The SMILES string of the molecule is C1CCC(NC2=NCCN2)C1. The third-order valence-electron chi connectivity index (χ3n) is 2.37. The molecule has 2 aliphatic rings. The van der Waals surface area contributed by atoms with Crippen molar-refractivity contribution in [3.05, 3.63) is 0 Å². The molecule has 0 bridgehead atoms. The van der Waals surface area contributed by atoms with Crippen LogP contribution in [0.25, 0.3) is 0 Å². The number of nitrogens with one attached hydrogen (secondary N) is 2. The van der Waals surface area contributed by atoms with Crippen LogP contribution in [0.5, 0.6) is 0 Å². The van der Waals surface area contributed by atoms with E-state index in [2.05, 4.69) is 15.6 Å². The predicted molar refractivity (Wildman–Crippen MR) is 45.7 cm³/mol.